The van der Waals surface area contributed by atoms with E-state index in [-0.39, 0.29) is 11.8 Å². The molecule has 13 heavy (non-hydrogen) atoms. The summed E-state index contributed by atoms with van der Waals surface area (Å²) in [6.07, 6.45) is 2.07. The van der Waals surface area contributed by atoms with Crippen molar-refractivity contribution in [3.63, 3.8) is 0 Å². The fourth-order valence-corrected chi connectivity index (χ4v) is 1.78. The quantitative estimate of drug-likeness (QED) is 0.691. The number of amides is 1. The summed E-state index contributed by atoms with van der Waals surface area (Å²) in [6.45, 7) is 0.835. The first-order valence-electron chi connectivity index (χ1n) is 4.70. The minimum Gasteiger partial charge on any atom is -0.356 e. The van der Waals surface area contributed by atoms with Gasteiger partial charge in [-0.05, 0) is 18.4 Å². The number of nitrogens with one attached hydrogen (secondary N) is 1. The van der Waals surface area contributed by atoms with E-state index in [4.69, 9.17) is 0 Å². The molecule has 1 amide bonds. The van der Waals surface area contributed by atoms with Crippen LogP contribution in [0.15, 0.2) is 30.3 Å². The third kappa shape index (κ3) is 1.72. The van der Waals surface area contributed by atoms with Gasteiger partial charge in [0, 0.05) is 6.54 Å². The molecule has 1 unspecified atom stereocenters. The van der Waals surface area contributed by atoms with Crippen LogP contribution < -0.4 is 5.32 Å². The third-order valence-electron chi connectivity index (χ3n) is 2.49. The molecule has 0 spiro atoms. The fourth-order valence-electron chi connectivity index (χ4n) is 1.78. The average Bonchev–Trinajstić information content (AvgIpc) is 2.20. The van der Waals surface area contributed by atoms with E-state index in [2.05, 4.69) is 5.32 Å². The van der Waals surface area contributed by atoms with E-state index >= 15 is 0 Å². The van der Waals surface area contributed by atoms with Gasteiger partial charge >= 0.3 is 0 Å². The molecule has 1 fully saturated rings. The van der Waals surface area contributed by atoms with Crippen molar-refractivity contribution in [1.82, 2.24) is 5.32 Å². The molecule has 1 aliphatic rings. The second-order valence-corrected chi connectivity index (χ2v) is 3.40. The van der Waals surface area contributed by atoms with Crippen LogP contribution in [0.1, 0.15) is 24.3 Å². The van der Waals surface area contributed by atoms with Crippen molar-refractivity contribution in [3.8, 4) is 0 Å². The van der Waals surface area contributed by atoms with Gasteiger partial charge in [-0.15, -0.1) is 0 Å². The van der Waals surface area contributed by atoms with Gasteiger partial charge < -0.3 is 5.32 Å². The summed E-state index contributed by atoms with van der Waals surface area (Å²) in [5.41, 5.74) is 1.14. The van der Waals surface area contributed by atoms with Gasteiger partial charge in [0.05, 0.1) is 5.92 Å². The summed E-state index contributed by atoms with van der Waals surface area (Å²) >= 11 is 0. The number of piperidine rings is 1. The van der Waals surface area contributed by atoms with Gasteiger partial charge in [0.15, 0.2) is 0 Å². The standard InChI is InChI=1S/C11H13NO/c13-11-10(7-4-8-12-11)9-5-2-1-3-6-9/h1-3,5-6,10H,4,7-8H2,(H,12,13). The van der Waals surface area contributed by atoms with Crippen LogP contribution in [0.3, 0.4) is 0 Å². The van der Waals surface area contributed by atoms with Crippen LogP contribution in [0.2, 0.25) is 0 Å². The van der Waals surface area contributed by atoms with Gasteiger partial charge in [-0.2, -0.15) is 0 Å². The van der Waals surface area contributed by atoms with E-state index < -0.39 is 0 Å². The summed E-state index contributed by atoms with van der Waals surface area (Å²) in [4.78, 5) is 11.5. The molecule has 1 heterocycles. The second kappa shape index (κ2) is 3.60. The summed E-state index contributed by atoms with van der Waals surface area (Å²) in [5, 5.41) is 2.89. The molecular formula is C11H13NO. The molecule has 1 saturated heterocycles. The Labute approximate surface area is 78.0 Å². The Morgan fingerprint density at radius 3 is 2.69 bits per heavy atom. The Morgan fingerprint density at radius 2 is 2.00 bits per heavy atom. The number of hydrogen-bond donors (Lipinski definition) is 1. The zero-order valence-electron chi connectivity index (χ0n) is 7.49. The molecule has 2 heteroatoms. The Morgan fingerprint density at radius 1 is 1.23 bits per heavy atom. The Kier molecular flexibility index (Phi) is 2.30. The molecule has 1 aromatic rings. The first-order valence-corrected chi connectivity index (χ1v) is 4.70. The van der Waals surface area contributed by atoms with E-state index in [1.165, 1.54) is 0 Å². The normalized spacial score (nSPS) is 22.5. The molecule has 0 saturated carbocycles. The number of carbonyl (C=O) groups excluding carboxylic acids is 1. The fraction of sp³-hybridized carbons (Fsp3) is 0.364. The van der Waals surface area contributed by atoms with Crippen LogP contribution in [0, 0.1) is 0 Å². The first-order chi connectivity index (χ1) is 6.38. The molecule has 68 valence electrons. The Bertz CT molecular complexity index is 294. The van der Waals surface area contributed by atoms with E-state index in [0.29, 0.717) is 0 Å². The molecule has 1 atom stereocenters. The molecular weight excluding hydrogens is 162 g/mol. The lowest BCUT2D eigenvalue weighted by molar-refractivity contribution is -0.123. The zero-order valence-corrected chi connectivity index (χ0v) is 7.49. The molecule has 1 N–H and O–H groups in total. The lowest BCUT2D eigenvalue weighted by Crippen LogP contribution is -2.34. The van der Waals surface area contributed by atoms with Crippen molar-refractivity contribution in [1.29, 1.82) is 0 Å². The van der Waals surface area contributed by atoms with Crippen molar-refractivity contribution in [3.05, 3.63) is 35.9 Å². The zero-order chi connectivity index (χ0) is 9.10. The Hall–Kier alpha value is -1.31. The van der Waals surface area contributed by atoms with E-state index in [9.17, 15) is 4.79 Å². The van der Waals surface area contributed by atoms with E-state index in [1.54, 1.807) is 0 Å². The highest BCUT2D eigenvalue weighted by Crippen LogP contribution is 2.23. The number of hydrogen-bond acceptors (Lipinski definition) is 1. The lowest BCUT2D eigenvalue weighted by atomic mass is 9.91. The van der Waals surface area contributed by atoms with Crippen LogP contribution in [0.4, 0.5) is 0 Å². The van der Waals surface area contributed by atoms with Crippen molar-refractivity contribution in [2.24, 2.45) is 0 Å². The van der Waals surface area contributed by atoms with Crippen molar-refractivity contribution >= 4 is 5.91 Å². The van der Waals surface area contributed by atoms with Crippen LogP contribution in [0.5, 0.6) is 0 Å². The average molecular weight is 175 g/mol. The number of benzene rings is 1. The van der Waals surface area contributed by atoms with Crippen LogP contribution in [-0.2, 0) is 4.79 Å². The maximum Gasteiger partial charge on any atom is 0.227 e. The predicted molar refractivity (Wildman–Crippen MR) is 51.4 cm³/mol. The molecule has 1 aliphatic heterocycles. The maximum absolute atomic E-state index is 11.5. The van der Waals surface area contributed by atoms with Gasteiger partial charge in [-0.3, -0.25) is 4.79 Å². The molecule has 0 radical (unpaired) electrons. The smallest absolute Gasteiger partial charge is 0.227 e. The summed E-state index contributed by atoms with van der Waals surface area (Å²) in [7, 11) is 0. The van der Waals surface area contributed by atoms with Crippen LogP contribution >= 0.6 is 0 Å². The molecule has 0 bridgehead atoms. The lowest BCUT2D eigenvalue weighted by Gasteiger charge is -2.21. The molecule has 0 aliphatic carbocycles. The number of rotatable bonds is 1. The summed E-state index contributed by atoms with van der Waals surface area (Å²) < 4.78 is 0. The Balaban J connectivity index is 2.20. The topological polar surface area (TPSA) is 29.1 Å². The minimum atomic E-state index is 0.0787. The van der Waals surface area contributed by atoms with Crippen molar-refractivity contribution in [2.45, 2.75) is 18.8 Å². The highest BCUT2D eigenvalue weighted by atomic mass is 16.1. The van der Waals surface area contributed by atoms with E-state index in [0.717, 1.165) is 24.9 Å². The first kappa shape index (κ1) is 8.30. The minimum absolute atomic E-state index is 0.0787. The molecule has 0 aromatic heterocycles. The molecule has 2 nitrogen and oxygen atoms in total. The summed E-state index contributed by atoms with van der Waals surface area (Å²) in [6, 6.07) is 9.99. The van der Waals surface area contributed by atoms with Gasteiger partial charge in [0.1, 0.15) is 0 Å². The monoisotopic (exact) mass is 175 g/mol. The van der Waals surface area contributed by atoms with Gasteiger partial charge in [-0.1, -0.05) is 30.3 Å². The molecule has 1 aromatic carbocycles. The molecule has 2 rings (SSSR count). The largest absolute Gasteiger partial charge is 0.356 e. The SMILES string of the molecule is O=C1NCCCC1c1ccccc1. The third-order valence-corrected chi connectivity index (χ3v) is 2.49. The van der Waals surface area contributed by atoms with Crippen LogP contribution in [0.25, 0.3) is 0 Å². The summed E-state index contributed by atoms with van der Waals surface area (Å²) in [5.74, 6) is 0.257. The predicted octanol–water partition coefficient (Wildman–Crippen LogP) is 1.68. The highest BCUT2D eigenvalue weighted by molar-refractivity contribution is 5.84. The van der Waals surface area contributed by atoms with Crippen molar-refractivity contribution in [2.75, 3.05) is 6.54 Å². The van der Waals surface area contributed by atoms with Gasteiger partial charge in [0.2, 0.25) is 5.91 Å². The second-order valence-electron chi connectivity index (χ2n) is 3.40. The maximum atomic E-state index is 11.5. The van der Waals surface area contributed by atoms with E-state index in [1.807, 2.05) is 30.3 Å². The van der Waals surface area contributed by atoms with Crippen molar-refractivity contribution < 1.29 is 4.79 Å². The highest BCUT2D eigenvalue weighted by Gasteiger charge is 2.22. The van der Waals surface area contributed by atoms with Crippen LogP contribution in [-0.4, -0.2) is 12.5 Å². The van der Waals surface area contributed by atoms with Gasteiger partial charge in [-0.25, -0.2) is 0 Å². The van der Waals surface area contributed by atoms with Gasteiger partial charge in [0.25, 0.3) is 0 Å². The number of carbonyl (C=O) groups is 1.